The number of aromatic amines is 1. The van der Waals surface area contributed by atoms with Gasteiger partial charge in [0.2, 0.25) is 0 Å². The summed E-state index contributed by atoms with van der Waals surface area (Å²) in [5.74, 6) is 0.668. The maximum absolute atomic E-state index is 12.6. The first-order valence-corrected chi connectivity index (χ1v) is 9.47. The summed E-state index contributed by atoms with van der Waals surface area (Å²) in [5.41, 5.74) is 3.64. The first-order chi connectivity index (χ1) is 14.8. The highest BCUT2D eigenvalue weighted by Gasteiger charge is 2.17. The zero-order valence-corrected chi connectivity index (χ0v) is 17.8. The third kappa shape index (κ3) is 5.13. The number of ether oxygens (including phenoxy) is 2. The largest absolute Gasteiger partial charge is 0.493 e. The van der Waals surface area contributed by atoms with Crippen molar-refractivity contribution >= 4 is 12.1 Å². The van der Waals surface area contributed by atoms with Crippen molar-refractivity contribution in [3.63, 3.8) is 0 Å². The number of benzene rings is 1. The molecule has 0 aliphatic carbocycles. The first kappa shape index (κ1) is 21.7. The molecule has 11 nitrogen and oxygen atoms in total. The second-order valence-corrected chi connectivity index (χ2v) is 6.92. The molecule has 31 heavy (non-hydrogen) atoms. The maximum atomic E-state index is 12.6. The van der Waals surface area contributed by atoms with Crippen LogP contribution in [0.2, 0.25) is 0 Å². The molecule has 0 spiro atoms. The molecule has 11 heteroatoms. The van der Waals surface area contributed by atoms with Crippen molar-refractivity contribution in [1.29, 1.82) is 0 Å². The van der Waals surface area contributed by atoms with Crippen molar-refractivity contribution in [3.05, 3.63) is 57.3 Å². The van der Waals surface area contributed by atoms with E-state index in [1.165, 1.54) is 17.8 Å². The molecule has 0 radical (unpaired) electrons. The van der Waals surface area contributed by atoms with Crippen LogP contribution in [0.4, 0.5) is 0 Å². The molecule has 3 rings (SSSR count). The van der Waals surface area contributed by atoms with Crippen molar-refractivity contribution in [2.24, 2.45) is 5.10 Å². The minimum absolute atomic E-state index is 0.0272. The lowest BCUT2D eigenvalue weighted by Crippen LogP contribution is -2.24. The fourth-order valence-electron chi connectivity index (χ4n) is 2.65. The van der Waals surface area contributed by atoms with Gasteiger partial charge in [-0.25, -0.2) is 5.43 Å². The van der Waals surface area contributed by atoms with Crippen LogP contribution >= 0.6 is 0 Å². The fraction of sp³-hybridized carbons (Fsp3) is 0.300. The molecule has 1 amide bonds. The highest BCUT2D eigenvalue weighted by molar-refractivity contribution is 5.94. The molecule has 3 aromatic rings. The van der Waals surface area contributed by atoms with Crippen LogP contribution in [0, 0.1) is 13.8 Å². The van der Waals surface area contributed by atoms with Crippen LogP contribution in [0.25, 0.3) is 5.95 Å². The molecule has 2 heterocycles. The number of hydrogen-bond acceptors (Lipinski definition) is 8. The summed E-state index contributed by atoms with van der Waals surface area (Å²) in [6, 6.07) is 6.84. The van der Waals surface area contributed by atoms with E-state index in [0.29, 0.717) is 22.8 Å². The Bertz CT molecular complexity index is 1180. The van der Waals surface area contributed by atoms with E-state index >= 15 is 0 Å². The lowest BCUT2D eigenvalue weighted by molar-refractivity contribution is 0.0947. The number of carbonyl (C=O) groups is 1. The molecule has 0 saturated heterocycles. The number of hydrazone groups is 1. The van der Waals surface area contributed by atoms with E-state index in [2.05, 4.69) is 30.8 Å². The number of methoxy groups -OCH3 is 1. The summed E-state index contributed by atoms with van der Waals surface area (Å²) in [5, 5.41) is 15.9. The summed E-state index contributed by atoms with van der Waals surface area (Å²) >= 11 is 0. The Balaban J connectivity index is 1.79. The molecule has 0 atom stereocenters. The van der Waals surface area contributed by atoms with Gasteiger partial charge in [0.1, 0.15) is 11.4 Å². The van der Waals surface area contributed by atoms with E-state index < -0.39 is 11.5 Å². The Kier molecular flexibility index (Phi) is 6.43. The van der Waals surface area contributed by atoms with Crippen molar-refractivity contribution < 1.29 is 14.3 Å². The van der Waals surface area contributed by atoms with Crippen LogP contribution < -0.4 is 20.5 Å². The van der Waals surface area contributed by atoms with Gasteiger partial charge >= 0.3 is 0 Å². The van der Waals surface area contributed by atoms with E-state index in [-0.39, 0.29) is 23.4 Å². The van der Waals surface area contributed by atoms with Gasteiger partial charge in [0, 0.05) is 0 Å². The van der Waals surface area contributed by atoms with Crippen LogP contribution in [0.3, 0.4) is 0 Å². The number of carbonyl (C=O) groups excluding carboxylic acids is 1. The van der Waals surface area contributed by atoms with E-state index in [4.69, 9.17) is 9.47 Å². The van der Waals surface area contributed by atoms with Gasteiger partial charge in [-0.05, 0) is 57.5 Å². The van der Waals surface area contributed by atoms with Gasteiger partial charge in [-0.1, -0.05) is 0 Å². The number of H-pyrrole nitrogens is 1. The Morgan fingerprint density at radius 1 is 1.23 bits per heavy atom. The van der Waals surface area contributed by atoms with Gasteiger partial charge in [0.05, 0.1) is 25.1 Å². The zero-order valence-electron chi connectivity index (χ0n) is 17.8. The van der Waals surface area contributed by atoms with Crippen LogP contribution in [-0.4, -0.2) is 50.3 Å². The molecular weight excluding hydrogens is 402 g/mol. The zero-order chi connectivity index (χ0) is 22.5. The fourth-order valence-corrected chi connectivity index (χ4v) is 2.65. The van der Waals surface area contributed by atoms with E-state index in [9.17, 15) is 9.59 Å². The average Bonchev–Trinajstić information content (AvgIpc) is 3.11. The molecular formula is C20H23N7O4. The lowest BCUT2D eigenvalue weighted by atomic mass is 10.2. The van der Waals surface area contributed by atoms with Crippen LogP contribution in [0.5, 0.6) is 11.5 Å². The quantitative estimate of drug-likeness (QED) is 0.433. The molecule has 162 valence electrons. The smallest absolute Gasteiger partial charge is 0.290 e. The van der Waals surface area contributed by atoms with E-state index in [0.717, 1.165) is 0 Å². The minimum atomic E-state index is -0.535. The first-order valence-electron chi connectivity index (χ1n) is 9.47. The Hall–Kier alpha value is -4.02. The summed E-state index contributed by atoms with van der Waals surface area (Å²) in [4.78, 5) is 27.0. The van der Waals surface area contributed by atoms with Crippen molar-refractivity contribution in [2.45, 2.75) is 33.8 Å². The highest BCUT2D eigenvalue weighted by Crippen LogP contribution is 2.28. The number of nitrogens with one attached hydrogen (secondary N) is 2. The second-order valence-electron chi connectivity index (χ2n) is 6.92. The SMILES string of the molecule is COc1ccc(/C=N\NC(=O)c2cc(C)nn2-c2nnc(C)c(=O)[nH]2)cc1OC(C)C. The Morgan fingerprint density at radius 3 is 2.68 bits per heavy atom. The monoisotopic (exact) mass is 425 g/mol. The van der Waals surface area contributed by atoms with Gasteiger partial charge in [0.25, 0.3) is 17.4 Å². The van der Waals surface area contributed by atoms with E-state index in [1.54, 1.807) is 38.3 Å². The average molecular weight is 425 g/mol. The summed E-state index contributed by atoms with van der Waals surface area (Å²) in [7, 11) is 1.56. The summed E-state index contributed by atoms with van der Waals surface area (Å²) < 4.78 is 12.2. The lowest BCUT2D eigenvalue weighted by Gasteiger charge is -2.13. The number of aromatic nitrogens is 5. The molecule has 0 aliphatic heterocycles. The molecule has 2 aromatic heterocycles. The van der Waals surface area contributed by atoms with Gasteiger partial charge in [-0.2, -0.15) is 14.9 Å². The molecule has 0 bridgehead atoms. The van der Waals surface area contributed by atoms with Crippen molar-refractivity contribution in [3.8, 4) is 17.4 Å². The minimum Gasteiger partial charge on any atom is -0.493 e. The topological polar surface area (TPSA) is 136 Å². The number of hydrogen-bond donors (Lipinski definition) is 2. The Labute approximate surface area is 178 Å². The predicted molar refractivity (Wildman–Crippen MR) is 113 cm³/mol. The molecule has 2 N–H and O–H groups in total. The molecule has 1 aromatic carbocycles. The van der Waals surface area contributed by atoms with Gasteiger partial charge < -0.3 is 9.47 Å². The molecule has 0 saturated carbocycles. The molecule has 0 aliphatic rings. The normalized spacial score (nSPS) is 11.2. The standard InChI is InChI=1S/C20H23N7O4/c1-11(2)31-17-9-14(6-7-16(17)30-5)10-21-24-19(29)15-8-12(3)26-27(15)20-22-18(28)13(4)23-25-20/h6-11H,1-5H3,(H,24,29)(H,22,25,28)/b21-10-. The maximum Gasteiger partial charge on any atom is 0.290 e. The third-order valence-electron chi connectivity index (χ3n) is 4.04. The van der Waals surface area contributed by atoms with Gasteiger partial charge in [-0.15, -0.1) is 10.2 Å². The third-order valence-corrected chi connectivity index (χ3v) is 4.04. The van der Waals surface area contributed by atoms with Crippen molar-refractivity contribution in [2.75, 3.05) is 7.11 Å². The number of aryl methyl sites for hydroxylation is 2. The summed E-state index contributed by atoms with van der Waals surface area (Å²) in [6.45, 7) is 7.07. The number of rotatable bonds is 7. The second kappa shape index (κ2) is 9.20. The predicted octanol–water partition coefficient (Wildman–Crippen LogP) is 1.53. The molecule has 0 unspecified atom stereocenters. The number of nitrogens with zero attached hydrogens (tertiary/aromatic N) is 5. The molecule has 0 fully saturated rings. The van der Waals surface area contributed by atoms with Crippen LogP contribution in [-0.2, 0) is 0 Å². The Morgan fingerprint density at radius 2 is 2.00 bits per heavy atom. The van der Waals surface area contributed by atoms with Gasteiger partial charge in [-0.3, -0.25) is 14.6 Å². The van der Waals surface area contributed by atoms with Gasteiger partial charge in [0.15, 0.2) is 11.5 Å². The van der Waals surface area contributed by atoms with Crippen molar-refractivity contribution in [1.82, 2.24) is 30.4 Å². The van der Waals surface area contributed by atoms with Crippen LogP contribution in [0.1, 0.15) is 41.3 Å². The van der Waals surface area contributed by atoms with Crippen LogP contribution in [0.15, 0.2) is 34.2 Å². The number of amides is 1. The highest BCUT2D eigenvalue weighted by atomic mass is 16.5. The van der Waals surface area contributed by atoms with E-state index in [1.807, 2.05) is 13.8 Å². The summed E-state index contributed by atoms with van der Waals surface area (Å²) in [6.07, 6.45) is 1.45.